The molecule has 1 aromatic rings. The second-order valence-corrected chi connectivity index (χ2v) is 10.3. The maximum Gasteiger partial charge on any atom is 0.374 e. The van der Waals surface area contributed by atoms with Gasteiger partial charge in [0.15, 0.2) is 0 Å². The zero-order valence-electron chi connectivity index (χ0n) is 19.0. The van der Waals surface area contributed by atoms with E-state index in [-0.39, 0.29) is 54.2 Å². The molecule has 184 valence electrons. The van der Waals surface area contributed by atoms with Gasteiger partial charge in [-0.15, -0.1) is 0 Å². The lowest BCUT2D eigenvalue weighted by molar-refractivity contribution is -0.127. The molecule has 10 nitrogen and oxygen atoms in total. The highest BCUT2D eigenvalue weighted by Crippen LogP contribution is 2.26. The van der Waals surface area contributed by atoms with E-state index in [2.05, 4.69) is 10.6 Å². The van der Waals surface area contributed by atoms with Crippen LogP contribution in [-0.2, 0) is 24.3 Å². The molecule has 2 amide bonds. The molecule has 0 radical (unpaired) electrons. The number of nitrogens with zero attached hydrogens (tertiary/aromatic N) is 1. The van der Waals surface area contributed by atoms with Crippen molar-refractivity contribution < 1.29 is 32.0 Å². The highest BCUT2D eigenvalue weighted by molar-refractivity contribution is 7.89. The summed E-state index contributed by atoms with van der Waals surface area (Å²) in [5.74, 6) is -1.17. The van der Waals surface area contributed by atoms with E-state index in [9.17, 15) is 22.8 Å². The van der Waals surface area contributed by atoms with Crippen molar-refractivity contribution in [2.24, 2.45) is 11.8 Å². The molecule has 2 heterocycles. The number of amides is 2. The first-order valence-electron chi connectivity index (χ1n) is 11.7. The van der Waals surface area contributed by atoms with E-state index in [1.54, 1.807) is 6.92 Å². The molecule has 0 atom stereocenters. The molecule has 2 aliphatic rings. The second-order valence-electron chi connectivity index (χ2n) is 8.43. The molecule has 11 heteroatoms. The van der Waals surface area contributed by atoms with Crippen LogP contribution in [0.25, 0.3) is 0 Å². The lowest BCUT2D eigenvalue weighted by Crippen LogP contribution is -2.44. The quantitative estimate of drug-likeness (QED) is 0.403. The third-order valence-corrected chi connectivity index (χ3v) is 7.95. The summed E-state index contributed by atoms with van der Waals surface area (Å²) in [4.78, 5) is 36.3. The number of esters is 1. The van der Waals surface area contributed by atoms with Crippen LogP contribution in [0.15, 0.2) is 21.6 Å². The Morgan fingerprint density at radius 3 is 2.12 bits per heavy atom. The minimum Gasteiger partial charge on any atom is -0.460 e. The van der Waals surface area contributed by atoms with Crippen LogP contribution in [0.4, 0.5) is 0 Å². The number of hydrogen-bond acceptors (Lipinski definition) is 7. The minimum absolute atomic E-state index is 0.0616. The number of hydrogen-bond donors (Lipinski definition) is 2. The number of carbonyl (C=O) groups excluding carboxylic acids is 3. The highest BCUT2D eigenvalue weighted by Gasteiger charge is 2.34. The van der Waals surface area contributed by atoms with Crippen molar-refractivity contribution in [3.05, 3.63) is 17.9 Å². The molecule has 0 spiro atoms. The third kappa shape index (κ3) is 6.57. The van der Waals surface area contributed by atoms with E-state index < -0.39 is 16.0 Å². The van der Waals surface area contributed by atoms with Gasteiger partial charge in [0, 0.05) is 38.0 Å². The predicted molar refractivity (Wildman–Crippen MR) is 119 cm³/mol. The Balaban J connectivity index is 1.41. The van der Waals surface area contributed by atoms with Crippen LogP contribution in [0.1, 0.15) is 62.4 Å². The van der Waals surface area contributed by atoms with Crippen LogP contribution >= 0.6 is 0 Å². The summed E-state index contributed by atoms with van der Waals surface area (Å²) in [5, 5.41) is 5.40. The summed E-state index contributed by atoms with van der Waals surface area (Å²) in [5.41, 5.74) is 0. The molecule has 33 heavy (non-hydrogen) atoms. The molecule has 2 N–H and O–H groups in total. The van der Waals surface area contributed by atoms with Gasteiger partial charge in [-0.1, -0.05) is 19.3 Å². The van der Waals surface area contributed by atoms with Crippen molar-refractivity contribution in [1.29, 1.82) is 0 Å². The third-order valence-electron chi connectivity index (χ3n) is 6.18. The van der Waals surface area contributed by atoms with Crippen LogP contribution < -0.4 is 10.6 Å². The molecular weight excluding hydrogens is 450 g/mol. The predicted octanol–water partition coefficient (Wildman–Crippen LogP) is 1.67. The van der Waals surface area contributed by atoms with E-state index in [0.717, 1.165) is 25.7 Å². The van der Waals surface area contributed by atoms with Gasteiger partial charge >= 0.3 is 5.97 Å². The number of sulfonamides is 1. The number of rotatable bonds is 9. The van der Waals surface area contributed by atoms with Crippen molar-refractivity contribution in [3.63, 3.8) is 0 Å². The normalized spacial score (nSPS) is 18.6. The lowest BCUT2D eigenvalue weighted by atomic mass is 9.89. The maximum atomic E-state index is 12.8. The molecule has 1 saturated carbocycles. The summed E-state index contributed by atoms with van der Waals surface area (Å²) in [6, 6.07) is 2.51. The highest BCUT2D eigenvalue weighted by atomic mass is 32.2. The molecule has 2 fully saturated rings. The number of nitrogens with one attached hydrogen (secondary N) is 2. The fourth-order valence-electron chi connectivity index (χ4n) is 4.28. The molecule has 1 aromatic heterocycles. The van der Waals surface area contributed by atoms with Crippen molar-refractivity contribution in [3.8, 4) is 0 Å². The summed E-state index contributed by atoms with van der Waals surface area (Å²) in [6.45, 7) is 2.88. The monoisotopic (exact) mass is 483 g/mol. The molecule has 1 aliphatic carbocycles. The zero-order chi connectivity index (χ0) is 23.8. The lowest BCUT2D eigenvalue weighted by Gasteiger charge is -2.29. The fraction of sp³-hybridized carbons (Fsp3) is 0.682. The topological polar surface area (TPSA) is 135 Å². The number of furan rings is 1. The fourth-order valence-corrected chi connectivity index (χ4v) is 5.66. The molecule has 1 aliphatic heterocycles. The summed E-state index contributed by atoms with van der Waals surface area (Å²) in [7, 11) is -3.90. The van der Waals surface area contributed by atoms with Crippen molar-refractivity contribution in [2.45, 2.75) is 57.0 Å². The molecular formula is C22H33N3O7S. The van der Waals surface area contributed by atoms with Crippen molar-refractivity contribution in [2.75, 3.05) is 32.8 Å². The van der Waals surface area contributed by atoms with E-state index in [4.69, 9.17) is 9.15 Å². The van der Waals surface area contributed by atoms with Crippen molar-refractivity contribution in [1.82, 2.24) is 14.9 Å². The van der Waals surface area contributed by atoms with Gasteiger partial charge < -0.3 is 19.8 Å². The van der Waals surface area contributed by atoms with Crippen LogP contribution in [0.5, 0.6) is 0 Å². The Labute approximate surface area is 194 Å². The number of carbonyl (C=O) groups is 3. The van der Waals surface area contributed by atoms with Gasteiger partial charge in [0.05, 0.1) is 6.61 Å². The Morgan fingerprint density at radius 1 is 0.970 bits per heavy atom. The van der Waals surface area contributed by atoms with Gasteiger partial charge in [-0.2, -0.15) is 4.31 Å². The van der Waals surface area contributed by atoms with Crippen LogP contribution in [-0.4, -0.2) is 63.3 Å². The molecule has 0 aromatic carbocycles. The molecule has 3 rings (SSSR count). The van der Waals surface area contributed by atoms with Crippen LogP contribution in [0, 0.1) is 11.8 Å². The average Bonchev–Trinajstić information content (AvgIpc) is 3.34. The standard InChI is InChI=1S/C22H33N3O7S/c1-2-31-22(28)18-8-9-19(32-18)33(29,30)25-14-10-17(11-15-25)21(27)24-13-12-23-20(26)16-6-4-3-5-7-16/h8-9,16-17H,2-7,10-15H2,1H3,(H,23,26)(H,24,27). The van der Waals surface area contributed by atoms with Crippen LogP contribution in [0.2, 0.25) is 0 Å². The first kappa shape index (κ1) is 25.2. The Bertz CT molecular complexity index is 930. The number of ether oxygens (including phenoxy) is 1. The Hall–Kier alpha value is -2.40. The van der Waals surface area contributed by atoms with E-state index in [1.165, 1.54) is 22.9 Å². The first-order chi connectivity index (χ1) is 15.8. The maximum absolute atomic E-state index is 12.8. The SMILES string of the molecule is CCOC(=O)c1ccc(S(=O)(=O)N2CCC(C(=O)NCCNC(=O)C3CCCCC3)CC2)o1. The summed E-state index contributed by atoms with van der Waals surface area (Å²) < 4.78 is 36.9. The smallest absolute Gasteiger partial charge is 0.374 e. The van der Waals surface area contributed by atoms with Crippen molar-refractivity contribution >= 4 is 27.8 Å². The summed E-state index contributed by atoms with van der Waals surface area (Å²) in [6.07, 6.45) is 6.00. The summed E-state index contributed by atoms with van der Waals surface area (Å²) >= 11 is 0. The van der Waals surface area contributed by atoms with Gasteiger partial charge in [0.25, 0.3) is 10.0 Å². The van der Waals surface area contributed by atoms with E-state index >= 15 is 0 Å². The number of piperidine rings is 1. The van der Waals surface area contributed by atoms with Gasteiger partial charge in [0.2, 0.25) is 22.7 Å². The zero-order valence-corrected chi connectivity index (χ0v) is 19.8. The van der Waals surface area contributed by atoms with E-state index in [0.29, 0.717) is 25.9 Å². The first-order valence-corrected chi connectivity index (χ1v) is 13.1. The molecule has 0 unspecified atom stereocenters. The van der Waals surface area contributed by atoms with E-state index in [1.807, 2.05) is 0 Å². The van der Waals surface area contributed by atoms with Gasteiger partial charge in [-0.25, -0.2) is 13.2 Å². The Morgan fingerprint density at radius 2 is 1.55 bits per heavy atom. The Kier molecular flexibility index (Phi) is 8.90. The van der Waals surface area contributed by atoms with Gasteiger partial charge in [-0.05, 0) is 44.7 Å². The minimum atomic E-state index is -3.90. The molecule has 0 bridgehead atoms. The van der Waals surface area contributed by atoms with Crippen LogP contribution in [0.3, 0.4) is 0 Å². The second kappa shape index (κ2) is 11.6. The van der Waals surface area contributed by atoms with Gasteiger partial charge in [0.1, 0.15) is 0 Å². The average molecular weight is 484 g/mol. The largest absolute Gasteiger partial charge is 0.460 e. The van der Waals surface area contributed by atoms with Gasteiger partial charge in [-0.3, -0.25) is 9.59 Å². The molecule has 1 saturated heterocycles.